The highest BCUT2D eigenvalue weighted by Crippen LogP contribution is 2.43. The molecular formula is C15H22N2. The van der Waals surface area contributed by atoms with E-state index in [1.165, 1.54) is 32.5 Å². The number of hydrogen-bond donors (Lipinski definition) is 1. The number of benzene rings is 1. The fourth-order valence-corrected chi connectivity index (χ4v) is 3.81. The van der Waals surface area contributed by atoms with Crippen LogP contribution in [0.1, 0.15) is 25.3 Å². The molecule has 2 heterocycles. The molecule has 92 valence electrons. The minimum absolute atomic E-state index is 0.419. The Labute approximate surface area is 104 Å². The molecule has 2 aliphatic rings. The highest BCUT2D eigenvalue weighted by Gasteiger charge is 2.48. The van der Waals surface area contributed by atoms with Gasteiger partial charge in [0.1, 0.15) is 0 Å². The summed E-state index contributed by atoms with van der Waals surface area (Å²) in [7, 11) is 0. The molecule has 1 aromatic carbocycles. The van der Waals surface area contributed by atoms with Crippen molar-refractivity contribution in [2.24, 2.45) is 0 Å². The third kappa shape index (κ3) is 1.71. The molecule has 2 fully saturated rings. The van der Waals surface area contributed by atoms with Gasteiger partial charge in [0.15, 0.2) is 0 Å². The molecular weight excluding hydrogens is 208 g/mol. The molecule has 0 saturated carbocycles. The van der Waals surface area contributed by atoms with Crippen LogP contribution in [0.25, 0.3) is 0 Å². The molecule has 17 heavy (non-hydrogen) atoms. The Morgan fingerprint density at radius 3 is 2.88 bits per heavy atom. The van der Waals surface area contributed by atoms with Crippen LogP contribution in [-0.2, 0) is 5.41 Å². The summed E-state index contributed by atoms with van der Waals surface area (Å²) in [6.45, 7) is 7.06. The fraction of sp³-hybridized carbons (Fsp3) is 0.600. The lowest BCUT2D eigenvalue weighted by Gasteiger charge is -2.42. The van der Waals surface area contributed by atoms with E-state index >= 15 is 0 Å². The third-order valence-electron chi connectivity index (χ3n) is 4.76. The molecule has 0 aromatic heterocycles. The molecule has 0 bridgehead atoms. The Hall–Kier alpha value is -0.860. The second-order valence-electron chi connectivity index (χ2n) is 5.37. The predicted molar refractivity (Wildman–Crippen MR) is 71.3 cm³/mol. The summed E-state index contributed by atoms with van der Waals surface area (Å²) in [5, 5.41) is 3.57. The van der Waals surface area contributed by atoms with E-state index in [0.29, 0.717) is 11.5 Å². The topological polar surface area (TPSA) is 15.3 Å². The molecule has 0 spiro atoms. The first-order chi connectivity index (χ1) is 8.37. The number of hydrogen-bond acceptors (Lipinski definition) is 2. The van der Waals surface area contributed by atoms with Gasteiger partial charge >= 0.3 is 0 Å². The number of nitrogens with zero attached hydrogens (tertiary/aromatic N) is 1. The summed E-state index contributed by atoms with van der Waals surface area (Å²) < 4.78 is 0. The number of rotatable bonds is 2. The van der Waals surface area contributed by atoms with Gasteiger partial charge in [-0.2, -0.15) is 0 Å². The number of nitrogens with one attached hydrogen (secondary N) is 1. The quantitative estimate of drug-likeness (QED) is 0.836. The zero-order valence-electron chi connectivity index (χ0n) is 10.7. The molecule has 0 aliphatic carbocycles. The van der Waals surface area contributed by atoms with Crippen LogP contribution in [-0.4, -0.2) is 37.1 Å². The van der Waals surface area contributed by atoms with E-state index in [0.717, 1.165) is 6.54 Å². The van der Waals surface area contributed by atoms with Gasteiger partial charge in [0.05, 0.1) is 0 Å². The van der Waals surface area contributed by atoms with Crippen molar-refractivity contribution in [2.45, 2.75) is 31.2 Å². The van der Waals surface area contributed by atoms with Gasteiger partial charge in [0, 0.05) is 18.0 Å². The van der Waals surface area contributed by atoms with Crippen molar-refractivity contribution in [3.8, 4) is 0 Å². The standard InChI is InChI=1S/C15H22N2/c1-2-17-11-9-15(8-10-16-12-14(15)17)13-6-4-3-5-7-13/h3-7,14,16H,2,8-12H2,1H3/t14-,15-/m0/s1. The first-order valence-electron chi connectivity index (χ1n) is 6.87. The van der Waals surface area contributed by atoms with E-state index in [4.69, 9.17) is 0 Å². The highest BCUT2D eigenvalue weighted by atomic mass is 15.2. The number of likely N-dealkylation sites (tertiary alicyclic amines) is 1. The van der Waals surface area contributed by atoms with E-state index in [1.54, 1.807) is 5.56 Å². The predicted octanol–water partition coefficient (Wildman–Crippen LogP) is 2.01. The molecule has 1 N–H and O–H groups in total. The van der Waals surface area contributed by atoms with E-state index in [2.05, 4.69) is 47.5 Å². The van der Waals surface area contributed by atoms with Crippen LogP contribution in [0.3, 0.4) is 0 Å². The average molecular weight is 230 g/mol. The fourth-order valence-electron chi connectivity index (χ4n) is 3.81. The Morgan fingerprint density at radius 1 is 1.29 bits per heavy atom. The van der Waals surface area contributed by atoms with Crippen LogP contribution < -0.4 is 5.32 Å². The van der Waals surface area contributed by atoms with Crippen LogP contribution in [0.4, 0.5) is 0 Å². The Kier molecular flexibility index (Phi) is 2.93. The Bertz CT molecular complexity index is 376. The Morgan fingerprint density at radius 2 is 2.12 bits per heavy atom. The van der Waals surface area contributed by atoms with Crippen molar-refractivity contribution < 1.29 is 0 Å². The first kappa shape index (κ1) is 11.2. The maximum absolute atomic E-state index is 3.57. The van der Waals surface area contributed by atoms with Crippen LogP contribution in [0.2, 0.25) is 0 Å². The summed E-state index contributed by atoms with van der Waals surface area (Å²) in [5.41, 5.74) is 1.98. The summed E-state index contributed by atoms with van der Waals surface area (Å²) >= 11 is 0. The second-order valence-corrected chi connectivity index (χ2v) is 5.37. The van der Waals surface area contributed by atoms with Gasteiger partial charge in [0.2, 0.25) is 0 Å². The molecule has 2 saturated heterocycles. The summed E-state index contributed by atoms with van der Waals surface area (Å²) in [6, 6.07) is 11.9. The molecule has 2 aliphatic heterocycles. The molecule has 1 aromatic rings. The largest absolute Gasteiger partial charge is 0.315 e. The second kappa shape index (κ2) is 4.43. The van der Waals surface area contributed by atoms with E-state index in [9.17, 15) is 0 Å². The normalized spacial score (nSPS) is 33.6. The molecule has 0 unspecified atom stereocenters. The maximum atomic E-state index is 3.57. The lowest BCUT2D eigenvalue weighted by atomic mass is 9.70. The molecule has 2 atom stereocenters. The van der Waals surface area contributed by atoms with E-state index < -0.39 is 0 Å². The van der Waals surface area contributed by atoms with Gasteiger partial charge in [-0.1, -0.05) is 37.3 Å². The van der Waals surface area contributed by atoms with Crippen molar-refractivity contribution in [2.75, 3.05) is 26.2 Å². The van der Waals surface area contributed by atoms with Crippen molar-refractivity contribution in [3.05, 3.63) is 35.9 Å². The van der Waals surface area contributed by atoms with Gasteiger partial charge < -0.3 is 5.32 Å². The number of piperidine rings is 1. The molecule has 0 amide bonds. The summed E-state index contributed by atoms with van der Waals surface area (Å²) in [5.74, 6) is 0. The number of likely N-dealkylation sites (N-methyl/N-ethyl adjacent to an activating group) is 1. The monoisotopic (exact) mass is 230 g/mol. The van der Waals surface area contributed by atoms with Crippen molar-refractivity contribution >= 4 is 0 Å². The van der Waals surface area contributed by atoms with Gasteiger partial charge in [0.25, 0.3) is 0 Å². The van der Waals surface area contributed by atoms with E-state index in [1.807, 2.05) is 0 Å². The molecule has 3 rings (SSSR count). The van der Waals surface area contributed by atoms with Crippen LogP contribution in [0, 0.1) is 0 Å². The van der Waals surface area contributed by atoms with Crippen molar-refractivity contribution in [1.29, 1.82) is 0 Å². The lowest BCUT2D eigenvalue weighted by molar-refractivity contribution is 0.175. The lowest BCUT2D eigenvalue weighted by Crippen LogP contribution is -2.54. The zero-order chi connectivity index (χ0) is 11.7. The first-order valence-corrected chi connectivity index (χ1v) is 6.87. The minimum Gasteiger partial charge on any atom is -0.315 e. The molecule has 0 radical (unpaired) electrons. The minimum atomic E-state index is 0.419. The average Bonchev–Trinajstić information content (AvgIpc) is 2.80. The van der Waals surface area contributed by atoms with Gasteiger partial charge in [-0.3, -0.25) is 4.90 Å². The van der Waals surface area contributed by atoms with E-state index in [-0.39, 0.29) is 0 Å². The SMILES string of the molecule is CCN1CC[C@]2(c3ccccc3)CCNC[C@H]12. The number of fused-ring (bicyclic) bond motifs is 1. The molecule has 2 heteroatoms. The van der Waals surface area contributed by atoms with Crippen LogP contribution in [0.15, 0.2) is 30.3 Å². The van der Waals surface area contributed by atoms with Gasteiger partial charge in [-0.15, -0.1) is 0 Å². The van der Waals surface area contributed by atoms with Crippen LogP contribution >= 0.6 is 0 Å². The summed E-state index contributed by atoms with van der Waals surface area (Å²) in [6.07, 6.45) is 2.62. The maximum Gasteiger partial charge on any atom is 0.0318 e. The van der Waals surface area contributed by atoms with Crippen molar-refractivity contribution in [3.63, 3.8) is 0 Å². The third-order valence-corrected chi connectivity index (χ3v) is 4.76. The summed E-state index contributed by atoms with van der Waals surface area (Å²) in [4.78, 5) is 2.65. The van der Waals surface area contributed by atoms with Gasteiger partial charge in [-0.05, 0) is 38.0 Å². The zero-order valence-corrected chi connectivity index (χ0v) is 10.7. The molecule has 2 nitrogen and oxygen atoms in total. The highest BCUT2D eigenvalue weighted by molar-refractivity contribution is 5.31. The smallest absolute Gasteiger partial charge is 0.0318 e. The van der Waals surface area contributed by atoms with Gasteiger partial charge in [-0.25, -0.2) is 0 Å². The van der Waals surface area contributed by atoms with Crippen molar-refractivity contribution in [1.82, 2.24) is 10.2 Å². The van der Waals surface area contributed by atoms with Crippen LogP contribution in [0.5, 0.6) is 0 Å². The Balaban J connectivity index is 1.98.